The van der Waals surface area contributed by atoms with E-state index >= 15 is 0 Å². The van der Waals surface area contributed by atoms with E-state index in [0.29, 0.717) is 6.42 Å². The summed E-state index contributed by atoms with van der Waals surface area (Å²) in [5.74, 6) is 0. The largest absolute Gasteiger partial charge is 0.149 e. The Balaban J connectivity index is 3.15. The molecule has 0 amide bonds. The molecule has 0 saturated heterocycles. The van der Waals surface area contributed by atoms with Gasteiger partial charge in [-0.05, 0) is 36.1 Å². The number of benzene rings is 1. The Morgan fingerprint density at radius 2 is 1.93 bits per heavy atom. The minimum atomic E-state index is -0.720. The predicted octanol–water partition coefficient (Wildman–Crippen LogP) is 1.47. The summed E-state index contributed by atoms with van der Waals surface area (Å²) in [5, 5.41) is 0.777. The SMILES string of the molecule is Bc1cc(Cl)cc(CC)c1CC(B)(Cl)Cl. The number of rotatable bonds is 3. The zero-order valence-electron chi connectivity index (χ0n) is 9.20. The van der Waals surface area contributed by atoms with Gasteiger partial charge >= 0.3 is 0 Å². The Labute approximate surface area is 108 Å². The van der Waals surface area contributed by atoms with E-state index in [1.165, 1.54) is 11.1 Å². The van der Waals surface area contributed by atoms with Crippen molar-refractivity contribution in [1.82, 2.24) is 0 Å². The highest BCUT2D eigenvalue weighted by atomic mass is 35.5. The molecule has 0 atom stereocenters. The Morgan fingerprint density at radius 3 is 2.40 bits per heavy atom. The summed E-state index contributed by atoms with van der Waals surface area (Å²) in [6.07, 6.45) is 1.60. The fourth-order valence-electron chi connectivity index (χ4n) is 1.72. The first kappa shape index (κ1) is 13.3. The summed E-state index contributed by atoms with van der Waals surface area (Å²) in [4.78, 5) is 0. The minimum absolute atomic E-state index is 0.655. The van der Waals surface area contributed by atoms with Gasteiger partial charge in [-0.15, -0.1) is 23.2 Å². The molecule has 0 aliphatic heterocycles. The molecule has 15 heavy (non-hydrogen) atoms. The summed E-state index contributed by atoms with van der Waals surface area (Å²) in [6.45, 7) is 2.11. The van der Waals surface area contributed by atoms with Crippen molar-refractivity contribution in [3.8, 4) is 0 Å². The van der Waals surface area contributed by atoms with Crippen molar-refractivity contribution < 1.29 is 0 Å². The third-order valence-corrected chi connectivity index (χ3v) is 2.88. The van der Waals surface area contributed by atoms with Crippen LogP contribution in [0.1, 0.15) is 18.1 Å². The number of alkyl halides is 2. The average Bonchev–Trinajstić information content (AvgIpc) is 2.07. The van der Waals surface area contributed by atoms with Crippen molar-refractivity contribution in [3.63, 3.8) is 0 Å². The van der Waals surface area contributed by atoms with Crippen molar-refractivity contribution in [2.45, 2.75) is 24.0 Å². The molecule has 1 aromatic rings. The lowest BCUT2D eigenvalue weighted by molar-refractivity contribution is 0.980. The van der Waals surface area contributed by atoms with E-state index in [1.54, 1.807) is 0 Å². The van der Waals surface area contributed by atoms with Crippen LogP contribution in [0.25, 0.3) is 0 Å². The van der Waals surface area contributed by atoms with Crippen molar-refractivity contribution in [3.05, 3.63) is 28.3 Å². The third-order valence-electron chi connectivity index (χ3n) is 2.40. The smallest absolute Gasteiger partial charge is 0.112 e. The van der Waals surface area contributed by atoms with Gasteiger partial charge in [0.25, 0.3) is 0 Å². The van der Waals surface area contributed by atoms with Crippen LogP contribution in [-0.4, -0.2) is 19.9 Å². The molecule has 1 aromatic carbocycles. The fraction of sp³-hybridized carbons (Fsp3) is 0.400. The summed E-state index contributed by atoms with van der Waals surface area (Å²) in [7, 11) is 3.85. The van der Waals surface area contributed by atoms with Gasteiger partial charge in [-0.1, -0.05) is 24.0 Å². The van der Waals surface area contributed by atoms with E-state index in [4.69, 9.17) is 34.8 Å². The molecule has 0 unspecified atom stereocenters. The Kier molecular flexibility index (Phi) is 4.46. The lowest BCUT2D eigenvalue weighted by Gasteiger charge is -2.19. The molecule has 80 valence electrons. The first-order valence-corrected chi connectivity index (χ1v) is 6.12. The molecule has 0 nitrogen and oxygen atoms in total. The van der Waals surface area contributed by atoms with Crippen molar-refractivity contribution in [2.24, 2.45) is 0 Å². The van der Waals surface area contributed by atoms with Gasteiger partial charge < -0.3 is 0 Å². The number of hydrogen-bond donors (Lipinski definition) is 0. The molecular formula is C10H13B2Cl3. The number of hydrogen-bond acceptors (Lipinski definition) is 0. The van der Waals surface area contributed by atoms with E-state index < -0.39 is 4.23 Å². The summed E-state index contributed by atoms with van der Waals surface area (Å²) in [6, 6.07) is 3.94. The van der Waals surface area contributed by atoms with Gasteiger partial charge in [0.1, 0.15) is 15.7 Å². The van der Waals surface area contributed by atoms with Crippen LogP contribution in [-0.2, 0) is 12.8 Å². The van der Waals surface area contributed by atoms with Crippen LogP contribution in [0.2, 0.25) is 5.02 Å². The fourth-order valence-corrected chi connectivity index (χ4v) is 2.28. The molecule has 0 saturated carbocycles. The van der Waals surface area contributed by atoms with Crippen molar-refractivity contribution in [2.75, 3.05) is 0 Å². The third kappa shape index (κ3) is 3.94. The normalized spacial score (nSPS) is 11.7. The van der Waals surface area contributed by atoms with Crippen LogP contribution < -0.4 is 5.46 Å². The molecule has 0 heterocycles. The second-order valence-electron chi connectivity index (χ2n) is 3.96. The van der Waals surface area contributed by atoms with Crippen molar-refractivity contribution in [1.29, 1.82) is 0 Å². The van der Waals surface area contributed by atoms with Crippen LogP contribution in [0.15, 0.2) is 12.1 Å². The number of halogens is 3. The van der Waals surface area contributed by atoms with Crippen LogP contribution in [0.5, 0.6) is 0 Å². The molecule has 0 N–H and O–H groups in total. The van der Waals surface area contributed by atoms with Gasteiger partial charge in [0.2, 0.25) is 0 Å². The first-order chi connectivity index (χ1) is 6.83. The molecule has 0 spiro atoms. The molecule has 0 fully saturated rings. The van der Waals surface area contributed by atoms with Gasteiger partial charge in [-0.3, -0.25) is 0 Å². The lowest BCUT2D eigenvalue weighted by Crippen LogP contribution is -2.23. The van der Waals surface area contributed by atoms with Crippen LogP contribution >= 0.6 is 34.8 Å². The van der Waals surface area contributed by atoms with Crippen molar-refractivity contribution >= 4 is 56.0 Å². The average molecular weight is 261 g/mol. The maximum absolute atomic E-state index is 6.04. The second-order valence-corrected chi connectivity index (χ2v) is 6.26. The second kappa shape index (κ2) is 5.03. The molecule has 0 aliphatic carbocycles. The van der Waals surface area contributed by atoms with E-state index in [9.17, 15) is 0 Å². The molecule has 0 radical (unpaired) electrons. The first-order valence-electron chi connectivity index (χ1n) is 4.99. The minimum Gasteiger partial charge on any atom is -0.112 e. The Bertz CT molecular complexity index is 358. The zero-order valence-corrected chi connectivity index (χ0v) is 11.5. The molecule has 0 bridgehead atoms. The van der Waals surface area contributed by atoms with Crippen LogP contribution in [0, 0.1) is 0 Å². The lowest BCUT2D eigenvalue weighted by atomic mass is 9.82. The van der Waals surface area contributed by atoms with E-state index in [1.807, 2.05) is 27.8 Å². The maximum atomic E-state index is 6.04. The summed E-state index contributed by atoms with van der Waals surface area (Å²) in [5.41, 5.74) is 3.61. The topological polar surface area (TPSA) is 0 Å². The molecule has 5 heteroatoms. The molecule has 1 rings (SSSR count). The highest BCUT2D eigenvalue weighted by Crippen LogP contribution is 2.24. The highest BCUT2D eigenvalue weighted by Gasteiger charge is 2.20. The number of aryl methyl sites for hydroxylation is 1. The molecule has 0 aromatic heterocycles. The van der Waals surface area contributed by atoms with E-state index in [0.717, 1.165) is 16.9 Å². The highest BCUT2D eigenvalue weighted by molar-refractivity contribution is 6.65. The summed E-state index contributed by atoms with van der Waals surface area (Å²) >= 11 is 18.1. The Hall–Kier alpha value is 0.220. The van der Waals surface area contributed by atoms with Crippen LogP contribution in [0.4, 0.5) is 0 Å². The zero-order chi connectivity index (χ0) is 11.6. The molecular weight excluding hydrogens is 248 g/mol. The van der Waals surface area contributed by atoms with Gasteiger partial charge in [0, 0.05) is 5.02 Å². The summed E-state index contributed by atoms with van der Waals surface area (Å²) < 4.78 is -0.720. The predicted molar refractivity (Wildman–Crippen MR) is 75.7 cm³/mol. The van der Waals surface area contributed by atoms with Gasteiger partial charge in [0.05, 0.1) is 4.23 Å². The quantitative estimate of drug-likeness (QED) is 0.571. The molecule has 0 aliphatic rings. The Morgan fingerprint density at radius 1 is 1.33 bits per heavy atom. The van der Waals surface area contributed by atoms with Crippen LogP contribution in [0.3, 0.4) is 0 Å². The van der Waals surface area contributed by atoms with Gasteiger partial charge in [0.15, 0.2) is 0 Å². The standard InChI is InChI=1S/C10H13B2Cl3/c1-2-6-3-7(13)4-9(11)8(6)5-10(12,14)15/h3-4H,2,5,11-12H2,1H3. The van der Waals surface area contributed by atoms with E-state index in [-0.39, 0.29) is 0 Å². The van der Waals surface area contributed by atoms with Gasteiger partial charge in [-0.25, -0.2) is 0 Å². The maximum Gasteiger partial charge on any atom is 0.149 e. The monoisotopic (exact) mass is 260 g/mol. The van der Waals surface area contributed by atoms with Gasteiger partial charge in [-0.2, -0.15) is 0 Å². The van der Waals surface area contributed by atoms with E-state index in [2.05, 4.69) is 6.92 Å².